The van der Waals surface area contributed by atoms with Gasteiger partial charge in [-0.3, -0.25) is 4.99 Å². The van der Waals surface area contributed by atoms with Crippen molar-refractivity contribution in [3.05, 3.63) is 0 Å². The number of carbonyl (C=O) groups is 1. The Kier molecular flexibility index (Phi) is 7.47. The number of likely N-dealkylation sites (tertiary alicyclic amines) is 1. The third-order valence-corrected chi connectivity index (χ3v) is 7.09. The van der Waals surface area contributed by atoms with E-state index in [2.05, 4.69) is 22.5 Å². The molecule has 4 aliphatic rings. The van der Waals surface area contributed by atoms with E-state index in [4.69, 9.17) is 14.5 Å². The molecule has 2 heterocycles. The highest BCUT2D eigenvalue weighted by Gasteiger charge is 2.65. The van der Waals surface area contributed by atoms with E-state index >= 15 is 0 Å². The highest BCUT2D eigenvalue weighted by Crippen LogP contribution is 2.60. The fraction of sp³-hybridized carbons (Fsp3) is 0.909. The molecule has 0 aromatic carbocycles. The normalized spacial score (nSPS) is 32.4. The summed E-state index contributed by atoms with van der Waals surface area (Å²) < 4.78 is 11.5. The average molecular weight is 534 g/mol. The van der Waals surface area contributed by atoms with Crippen molar-refractivity contribution in [3.8, 4) is 0 Å². The van der Waals surface area contributed by atoms with Crippen LogP contribution in [0.4, 0.5) is 4.79 Å². The van der Waals surface area contributed by atoms with Crippen LogP contribution in [-0.2, 0) is 9.47 Å². The lowest BCUT2D eigenvalue weighted by Gasteiger charge is -2.57. The zero-order valence-electron chi connectivity index (χ0n) is 18.9. The number of carbonyl (C=O) groups excluding carboxylic acids is 1. The predicted octanol–water partition coefficient (Wildman–Crippen LogP) is 3.52. The summed E-state index contributed by atoms with van der Waals surface area (Å²) in [5.74, 6) is 1.62. The highest BCUT2D eigenvalue weighted by molar-refractivity contribution is 14.0. The first-order chi connectivity index (χ1) is 13.8. The van der Waals surface area contributed by atoms with Crippen LogP contribution in [0.15, 0.2) is 4.99 Å². The molecule has 4 unspecified atom stereocenters. The average Bonchev–Trinajstić information content (AvgIpc) is 3.36. The fourth-order valence-electron chi connectivity index (χ4n) is 5.97. The molecule has 0 bridgehead atoms. The number of halogens is 1. The quantitative estimate of drug-likeness (QED) is 0.330. The lowest BCUT2D eigenvalue weighted by Crippen LogP contribution is -2.69. The maximum Gasteiger partial charge on any atom is 0.407 e. The number of fused-ring (bicyclic) bond motifs is 2. The van der Waals surface area contributed by atoms with Crippen LogP contribution in [-0.4, -0.2) is 67.0 Å². The SMILES string of the molecule is CCN=C(NC1C2CCOC2C12CCCC2)N1CCC(NC(=O)OC(C)(C)C)C1.I. The van der Waals surface area contributed by atoms with Gasteiger partial charge in [-0.1, -0.05) is 12.8 Å². The molecule has 7 nitrogen and oxygen atoms in total. The number of guanidine groups is 1. The lowest BCUT2D eigenvalue weighted by atomic mass is 9.54. The Bertz CT molecular complexity index is 645. The Balaban J connectivity index is 0.00000256. The summed E-state index contributed by atoms with van der Waals surface area (Å²) in [7, 11) is 0. The number of alkyl carbamates (subject to hydrolysis) is 1. The van der Waals surface area contributed by atoms with E-state index < -0.39 is 5.60 Å². The highest BCUT2D eigenvalue weighted by atomic mass is 127. The first kappa shape index (κ1) is 23.9. The topological polar surface area (TPSA) is 75.2 Å². The van der Waals surface area contributed by atoms with Crippen molar-refractivity contribution in [3.63, 3.8) is 0 Å². The number of ether oxygens (including phenoxy) is 2. The second-order valence-electron chi connectivity index (χ2n) is 10.2. The molecular formula is C22H39IN4O3. The molecule has 1 amide bonds. The molecule has 1 spiro atoms. The Morgan fingerprint density at radius 2 is 1.97 bits per heavy atom. The number of hydrogen-bond acceptors (Lipinski definition) is 4. The first-order valence-corrected chi connectivity index (χ1v) is 11.5. The van der Waals surface area contributed by atoms with Gasteiger partial charge in [-0.15, -0.1) is 24.0 Å². The number of nitrogens with zero attached hydrogens (tertiary/aromatic N) is 2. The zero-order chi connectivity index (χ0) is 20.6. The van der Waals surface area contributed by atoms with Crippen molar-refractivity contribution in [2.24, 2.45) is 16.3 Å². The van der Waals surface area contributed by atoms with Crippen molar-refractivity contribution in [1.29, 1.82) is 0 Å². The van der Waals surface area contributed by atoms with Crippen molar-refractivity contribution in [1.82, 2.24) is 15.5 Å². The number of rotatable bonds is 3. The molecule has 172 valence electrons. The summed E-state index contributed by atoms with van der Waals surface area (Å²) in [6, 6.07) is 0.568. The number of aliphatic imine (C=N–C) groups is 1. The summed E-state index contributed by atoms with van der Waals surface area (Å²) in [5.41, 5.74) is -0.165. The second kappa shape index (κ2) is 9.38. The summed E-state index contributed by atoms with van der Waals surface area (Å²) in [5, 5.41) is 6.89. The molecule has 8 heteroatoms. The smallest absolute Gasteiger partial charge is 0.407 e. The van der Waals surface area contributed by atoms with Gasteiger partial charge >= 0.3 is 6.09 Å². The summed E-state index contributed by atoms with van der Waals surface area (Å²) in [4.78, 5) is 19.3. The summed E-state index contributed by atoms with van der Waals surface area (Å²) >= 11 is 0. The fourth-order valence-corrected chi connectivity index (χ4v) is 5.97. The number of amides is 1. The molecule has 0 aromatic heterocycles. The largest absolute Gasteiger partial charge is 0.444 e. The van der Waals surface area contributed by atoms with E-state index in [1.165, 1.54) is 25.7 Å². The molecule has 2 aliphatic heterocycles. The van der Waals surface area contributed by atoms with E-state index in [0.717, 1.165) is 45.0 Å². The van der Waals surface area contributed by atoms with Gasteiger partial charge in [-0.25, -0.2) is 4.79 Å². The summed E-state index contributed by atoms with van der Waals surface area (Å²) in [6.07, 6.45) is 7.36. The van der Waals surface area contributed by atoms with E-state index in [9.17, 15) is 4.79 Å². The van der Waals surface area contributed by atoms with Crippen LogP contribution in [0.2, 0.25) is 0 Å². The maximum absolute atomic E-state index is 12.1. The molecule has 2 saturated heterocycles. The van der Waals surface area contributed by atoms with E-state index in [1.54, 1.807) is 0 Å². The minimum absolute atomic E-state index is 0. The number of nitrogens with one attached hydrogen (secondary N) is 2. The molecule has 2 aliphatic carbocycles. The minimum Gasteiger partial charge on any atom is -0.444 e. The molecule has 2 N–H and O–H groups in total. The maximum atomic E-state index is 12.1. The van der Waals surface area contributed by atoms with Crippen molar-refractivity contribution in [2.75, 3.05) is 26.2 Å². The van der Waals surface area contributed by atoms with Crippen LogP contribution in [0.25, 0.3) is 0 Å². The molecule has 4 rings (SSSR count). The molecule has 0 aromatic rings. The molecule has 4 atom stereocenters. The van der Waals surface area contributed by atoms with Gasteiger partial charge in [0.2, 0.25) is 0 Å². The monoisotopic (exact) mass is 534 g/mol. The van der Waals surface area contributed by atoms with Gasteiger partial charge in [0.25, 0.3) is 0 Å². The Morgan fingerprint density at radius 3 is 2.63 bits per heavy atom. The predicted molar refractivity (Wildman–Crippen MR) is 128 cm³/mol. The van der Waals surface area contributed by atoms with Gasteiger partial charge in [0.15, 0.2) is 5.96 Å². The molecular weight excluding hydrogens is 495 g/mol. The zero-order valence-corrected chi connectivity index (χ0v) is 21.2. The van der Waals surface area contributed by atoms with Crippen LogP contribution in [0.1, 0.15) is 66.2 Å². The molecule has 4 fully saturated rings. The molecule has 2 saturated carbocycles. The summed E-state index contributed by atoms with van der Waals surface area (Å²) in [6.45, 7) is 11.1. The van der Waals surface area contributed by atoms with Crippen LogP contribution in [0, 0.1) is 11.3 Å². The lowest BCUT2D eigenvalue weighted by molar-refractivity contribution is -0.125. The van der Waals surface area contributed by atoms with Gasteiger partial charge in [-0.2, -0.15) is 0 Å². The first-order valence-electron chi connectivity index (χ1n) is 11.5. The minimum atomic E-state index is -0.474. The van der Waals surface area contributed by atoms with Gasteiger partial charge in [0, 0.05) is 43.6 Å². The van der Waals surface area contributed by atoms with Crippen LogP contribution >= 0.6 is 24.0 Å². The Morgan fingerprint density at radius 1 is 1.23 bits per heavy atom. The van der Waals surface area contributed by atoms with Crippen LogP contribution in [0.3, 0.4) is 0 Å². The van der Waals surface area contributed by atoms with E-state index in [-0.39, 0.29) is 36.1 Å². The van der Waals surface area contributed by atoms with Gasteiger partial charge in [0.1, 0.15) is 5.60 Å². The third-order valence-electron chi connectivity index (χ3n) is 7.09. The van der Waals surface area contributed by atoms with Crippen molar-refractivity contribution >= 4 is 36.0 Å². The van der Waals surface area contributed by atoms with Crippen molar-refractivity contribution < 1.29 is 14.3 Å². The van der Waals surface area contributed by atoms with E-state index in [0.29, 0.717) is 23.5 Å². The third kappa shape index (κ3) is 4.69. The van der Waals surface area contributed by atoms with Crippen LogP contribution < -0.4 is 10.6 Å². The van der Waals surface area contributed by atoms with Crippen molar-refractivity contribution in [2.45, 2.75) is 90.0 Å². The van der Waals surface area contributed by atoms with Crippen LogP contribution in [0.5, 0.6) is 0 Å². The van der Waals surface area contributed by atoms with Gasteiger partial charge in [0.05, 0.1) is 12.1 Å². The second-order valence-corrected chi connectivity index (χ2v) is 10.2. The standard InChI is InChI=1S/C22H38N4O3.HI/c1-5-23-19(26-12-8-15(14-26)24-20(27)29-21(2,3)4)25-17-16-9-13-28-18(16)22(17)10-6-7-11-22;/h15-18H,5-14H2,1-4H3,(H,23,25)(H,24,27);1H. The van der Waals surface area contributed by atoms with Gasteiger partial charge in [-0.05, 0) is 53.4 Å². The molecule has 0 radical (unpaired) electrons. The Hall–Kier alpha value is -0.770. The number of hydrogen-bond donors (Lipinski definition) is 2. The molecule has 30 heavy (non-hydrogen) atoms. The van der Waals surface area contributed by atoms with E-state index in [1.807, 2.05) is 20.8 Å². The Labute approximate surface area is 198 Å². The van der Waals surface area contributed by atoms with Gasteiger partial charge < -0.3 is 25.0 Å².